The lowest BCUT2D eigenvalue weighted by molar-refractivity contribution is -0.167. The van der Waals surface area contributed by atoms with E-state index in [-0.39, 0.29) is 31.1 Å². The molecule has 0 aromatic rings. The van der Waals surface area contributed by atoms with Crippen molar-refractivity contribution in [2.24, 2.45) is 0 Å². The number of carbonyl (C=O) groups excluding carboxylic acids is 3. The highest BCUT2D eigenvalue weighted by molar-refractivity contribution is 5.71. The van der Waals surface area contributed by atoms with Gasteiger partial charge in [-0.1, -0.05) is 336 Å². The SMILES string of the molecule is CCCCCCCCCCCCCCCC(=O)O.CCCCCCCCCCCCCCCC(=O)OCC(COC(=O)CCCCCCCCCCCCCCC)OC(=O)CCCCCCCCCCCCCCC. The Labute approximate surface area is 467 Å². The summed E-state index contributed by atoms with van der Waals surface area (Å²) < 4.78 is 16.8. The predicted octanol–water partition coefficient (Wildman–Crippen LogP) is 22.0. The lowest BCUT2D eigenvalue weighted by Crippen LogP contribution is -2.30. The number of carbonyl (C=O) groups is 4. The van der Waals surface area contributed by atoms with Crippen LogP contribution in [0.25, 0.3) is 0 Å². The number of hydrogen-bond acceptors (Lipinski definition) is 7. The number of ether oxygens (including phenoxy) is 3. The Morgan fingerprint density at radius 3 is 0.627 bits per heavy atom. The fourth-order valence-electron chi connectivity index (χ4n) is 10.0. The Morgan fingerprint density at radius 1 is 0.253 bits per heavy atom. The normalized spacial score (nSPS) is 11.2. The minimum atomic E-state index is -0.759. The van der Waals surface area contributed by atoms with E-state index in [9.17, 15) is 19.2 Å². The predicted molar refractivity (Wildman–Crippen MR) is 321 cm³/mol. The average Bonchev–Trinajstić information content (AvgIpc) is 3.40. The molecule has 0 saturated carbocycles. The van der Waals surface area contributed by atoms with Crippen LogP contribution in [0.15, 0.2) is 0 Å². The zero-order chi connectivity index (χ0) is 55.0. The van der Waals surface area contributed by atoms with Gasteiger partial charge < -0.3 is 19.3 Å². The summed E-state index contributed by atoms with van der Waals surface area (Å²) >= 11 is 0. The van der Waals surface area contributed by atoms with E-state index in [2.05, 4.69) is 27.7 Å². The first-order valence-corrected chi connectivity index (χ1v) is 33.5. The van der Waals surface area contributed by atoms with Gasteiger partial charge in [-0.25, -0.2) is 0 Å². The van der Waals surface area contributed by atoms with Crippen molar-refractivity contribution in [2.45, 2.75) is 393 Å². The van der Waals surface area contributed by atoms with Gasteiger partial charge in [-0.05, 0) is 25.7 Å². The highest BCUT2D eigenvalue weighted by atomic mass is 16.6. The highest BCUT2D eigenvalue weighted by Crippen LogP contribution is 2.18. The molecule has 0 aliphatic carbocycles. The summed E-state index contributed by atoms with van der Waals surface area (Å²) in [6.45, 7) is 8.93. The van der Waals surface area contributed by atoms with E-state index in [1.807, 2.05) is 0 Å². The van der Waals surface area contributed by atoms with E-state index in [0.717, 1.165) is 70.6 Å². The summed E-state index contributed by atoms with van der Waals surface area (Å²) in [6.07, 6.45) is 66.6. The molecule has 0 unspecified atom stereocenters. The lowest BCUT2D eigenvalue weighted by atomic mass is 10.0. The molecule has 0 aliphatic heterocycles. The van der Waals surface area contributed by atoms with Crippen molar-refractivity contribution in [3.8, 4) is 0 Å². The molecule has 0 fully saturated rings. The molecule has 0 radical (unpaired) electrons. The molecule has 8 nitrogen and oxygen atoms in total. The van der Waals surface area contributed by atoms with Crippen LogP contribution in [0.3, 0.4) is 0 Å². The van der Waals surface area contributed by atoms with Gasteiger partial charge in [-0.2, -0.15) is 0 Å². The number of unbranched alkanes of at least 4 members (excludes halogenated alkanes) is 48. The van der Waals surface area contributed by atoms with E-state index >= 15 is 0 Å². The molecule has 0 amide bonds. The van der Waals surface area contributed by atoms with Crippen LogP contribution < -0.4 is 0 Å². The van der Waals surface area contributed by atoms with E-state index in [0.29, 0.717) is 25.7 Å². The van der Waals surface area contributed by atoms with E-state index in [1.165, 1.54) is 263 Å². The van der Waals surface area contributed by atoms with Gasteiger partial charge in [0.05, 0.1) is 0 Å². The van der Waals surface area contributed by atoms with Crippen LogP contribution in [-0.2, 0) is 33.4 Å². The summed E-state index contributed by atoms with van der Waals surface area (Å²) in [4.78, 5) is 48.2. The first kappa shape index (κ1) is 75.0. The Balaban J connectivity index is 0. The average molecular weight is 1060 g/mol. The van der Waals surface area contributed by atoms with Crippen molar-refractivity contribution in [3.63, 3.8) is 0 Å². The number of carboxylic acids is 1. The van der Waals surface area contributed by atoms with Gasteiger partial charge in [0.1, 0.15) is 13.2 Å². The van der Waals surface area contributed by atoms with E-state index in [4.69, 9.17) is 19.3 Å². The third kappa shape index (κ3) is 67.9. The minimum absolute atomic E-state index is 0.0619. The molecule has 0 bridgehead atoms. The van der Waals surface area contributed by atoms with Crippen molar-refractivity contribution in [1.82, 2.24) is 0 Å². The number of esters is 3. The quantitative estimate of drug-likeness (QED) is 0.0364. The molecule has 0 atom stereocenters. The summed E-state index contributed by atoms with van der Waals surface area (Å²) in [5.41, 5.74) is 0. The molecule has 0 aliphatic rings. The maximum Gasteiger partial charge on any atom is 0.306 e. The van der Waals surface area contributed by atoms with Gasteiger partial charge in [0.25, 0.3) is 0 Å². The Hall–Kier alpha value is -2.12. The second-order valence-electron chi connectivity index (χ2n) is 22.8. The molecular weight excluding hydrogens is 933 g/mol. The number of carboxylic acid groups (broad SMARTS) is 1. The first-order chi connectivity index (χ1) is 36.8. The molecule has 0 heterocycles. The fraction of sp³-hybridized carbons (Fsp3) is 0.940. The van der Waals surface area contributed by atoms with Crippen molar-refractivity contribution in [1.29, 1.82) is 0 Å². The molecule has 8 heteroatoms. The van der Waals surface area contributed by atoms with Crippen LogP contribution in [0, 0.1) is 0 Å². The lowest BCUT2D eigenvalue weighted by Gasteiger charge is -2.18. The fourth-order valence-corrected chi connectivity index (χ4v) is 10.0. The van der Waals surface area contributed by atoms with Gasteiger partial charge in [0.15, 0.2) is 6.10 Å². The summed E-state index contributed by atoms with van der Waals surface area (Å²) in [5.74, 6) is -1.50. The second-order valence-corrected chi connectivity index (χ2v) is 22.8. The van der Waals surface area contributed by atoms with Gasteiger partial charge in [-0.3, -0.25) is 19.2 Å². The standard InChI is InChI=1S/C51H98O6.C16H32O2/c1-4-7-10-13-16-19-22-25-28-31-34-37-40-43-49(52)55-46-48(57-51(54)45-42-39-36-33-30-27-24-21-18-15-12-9-6-3)47-56-50(53)44-41-38-35-32-29-26-23-20-17-14-11-8-5-2;1-2-3-4-5-6-7-8-9-10-11-12-13-14-15-16(17)18/h48H,4-47H2,1-3H3;2-15H2,1H3,(H,17,18). The third-order valence-corrected chi connectivity index (χ3v) is 15.1. The van der Waals surface area contributed by atoms with Crippen molar-refractivity contribution in [3.05, 3.63) is 0 Å². The second kappa shape index (κ2) is 66.2. The van der Waals surface area contributed by atoms with Crippen molar-refractivity contribution >= 4 is 23.9 Å². The largest absolute Gasteiger partial charge is 0.481 e. The van der Waals surface area contributed by atoms with Crippen LogP contribution >= 0.6 is 0 Å². The Morgan fingerprint density at radius 2 is 0.427 bits per heavy atom. The van der Waals surface area contributed by atoms with Crippen LogP contribution in [0.5, 0.6) is 0 Å². The molecule has 75 heavy (non-hydrogen) atoms. The van der Waals surface area contributed by atoms with Crippen LogP contribution in [0.1, 0.15) is 387 Å². The monoisotopic (exact) mass is 1060 g/mol. The van der Waals surface area contributed by atoms with Crippen molar-refractivity contribution in [2.75, 3.05) is 13.2 Å². The summed E-state index contributed by atoms with van der Waals surface area (Å²) in [7, 11) is 0. The van der Waals surface area contributed by atoms with Gasteiger partial charge >= 0.3 is 23.9 Å². The van der Waals surface area contributed by atoms with Crippen LogP contribution in [0.4, 0.5) is 0 Å². The topological polar surface area (TPSA) is 116 Å². The zero-order valence-electron chi connectivity index (χ0n) is 50.9. The van der Waals surface area contributed by atoms with E-state index < -0.39 is 12.1 Å². The molecule has 0 aromatic carbocycles. The molecular formula is C67H130O8. The maximum atomic E-state index is 12.8. The molecule has 1 N–H and O–H groups in total. The molecule has 446 valence electrons. The maximum absolute atomic E-state index is 12.8. The van der Waals surface area contributed by atoms with Gasteiger partial charge in [0, 0.05) is 25.7 Å². The molecule has 0 aromatic heterocycles. The van der Waals surface area contributed by atoms with Gasteiger partial charge in [0.2, 0.25) is 0 Å². The third-order valence-electron chi connectivity index (χ3n) is 15.1. The van der Waals surface area contributed by atoms with Crippen molar-refractivity contribution < 1.29 is 38.5 Å². The Kier molecular flexibility index (Phi) is 66.1. The smallest absolute Gasteiger partial charge is 0.306 e. The number of rotatable bonds is 61. The minimum Gasteiger partial charge on any atom is -0.481 e. The summed E-state index contributed by atoms with van der Waals surface area (Å²) in [5, 5.41) is 8.49. The molecule has 0 saturated heterocycles. The van der Waals surface area contributed by atoms with Gasteiger partial charge in [-0.15, -0.1) is 0 Å². The Bertz CT molecular complexity index is 1110. The molecule has 0 spiro atoms. The molecule has 0 rings (SSSR count). The van der Waals surface area contributed by atoms with Crippen LogP contribution in [0.2, 0.25) is 0 Å². The zero-order valence-corrected chi connectivity index (χ0v) is 50.9. The van der Waals surface area contributed by atoms with E-state index in [1.54, 1.807) is 0 Å². The van der Waals surface area contributed by atoms with Crippen LogP contribution in [-0.4, -0.2) is 48.3 Å². The summed E-state index contributed by atoms with van der Waals surface area (Å²) in [6, 6.07) is 0. The first-order valence-electron chi connectivity index (χ1n) is 33.5. The number of aliphatic carboxylic acids is 1. The highest BCUT2D eigenvalue weighted by Gasteiger charge is 2.19. The number of hydrogen-bond donors (Lipinski definition) is 1.